The molecule has 0 radical (unpaired) electrons. The Balaban J connectivity index is 1.99. The lowest BCUT2D eigenvalue weighted by atomic mass is 9.84. The van der Waals surface area contributed by atoms with Gasteiger partial charge in [-0.1, -0.05) is 22.0 Å². The van der Waals surface area contributed by atoms with Gasteiger partial charge in [-0.15, -0.1) is 0 Å². The van der Waals surface area contributed by atoms with Crippen LogP contribution < -0.4 is 0 Å². The fourth-order valence-electron chi connectivity index (χ4n) is 2.89. The van der Waals surface area contributed by atoms with Crippen molar-refractivity contribution < 1.29 is 9.90 Å². The average molecular weight is 308 g/mol. The maximum Gasteiger partial charge on any atom is 0.303 e. The lowest BCUT2D eigenvalue weighted by Gasteiger charge is -2.20. The summed E-state index contributed by atoms with van der Waals surface area (Å²) in [5.41, 5.74) is 3.74. The molecule has 4 heteroatoms. The molecule has 3 nitrogen and oxygen atoms in total. The smallest absolute Gasteiger partial charge is 0.303 e. The van der Waals surface area contributed by atoms with E-state index in [1.807, 2.05) is 6.07 Å². The summed E-state index contributed by atoms with van der Waals surface area (Å²) in [5, 5.41) is 10.1. The average Bonchev–Trinajstić information content (AvgIpc) is 2.65. The molecule has 0 saturated carbocycles. The second-order valence-corrected chi connectivity index (χ2v) is 5.89. The first-order valence-corrected chi connectivity index (χ1v) is 6.93. The number of H-pyrrole nitrogens is 1. The Hall–Kier alpha value is -1.29. The molecule has 0 fully saturated rings. The lowest BCUT2D eigenvalue weighted by Crippen LogP contribution is -2.16. The van der Waals surface area contributed by atoms with Crippen LogP contribution in [0.2, 0.25) is 0 Å². The highest BCUT2D eigenvalue weighted by atomic mass is 79.9. The summed E-state index contributed by atoms with van der Waals surface area (Å²) in [7, 11) is 0. The molecule has 3 rings (SSSR count). The van der Waals surface area contributed by atoms with Crippen LogP contribution in [0.1, 0.15) is 24.1 Å². The number of nitrogens with one attached hydrogen (secondary N) is 1. The van der Waals surface area contributed by atoms with Gasteiger partial charge in [0.2, 0.25) is 0 Å². The maximum absolute atomic E-state index is 10.8. The van der Waals surface area contributed by atoms with E-state index in [-0.39, 0.29) is 12.3 Å². The van der Waals surface area contributed by atoms with E-state index in [1.165, 1.54) is 16.6 Å². The molecule has 0 aliphatic heterocycles. The Morgan fingerprint density at radius 2 is 2.33 bits per heavy atom. The number of aryl methyl sites for hydroxylation is 1. The first kappa shape index (κ1) is 11.8. The van der Waals surface area contributed by atoms with Gasteiger partial charge < -0.3 is 10.1 Å². The van der Waals surface area contributed by atoms with E-state index in [4.69, 9.17) is 5.11 Å². The molecule has 1 aromatic carbocycles. The molecule has 94 valence electrons. The summed E-state index contributed by atoms with van der Waals surface area (Å²) in [6.45, 7) is 0. The molecule has 1 atom stereocenters. The van der Waals surface area contributed by atoms with Gasteiger partial charge in [0.25, 0.3) is 0 Å². The number of halogens is 1. The summed E-state index contributed by atoms with van der Waals surface area (Å²) < 4.78 is 1.07. The van der Waals surface area contributed by atoms with Gasteiger partial charge in [0.15, 0.2) is 0 Å². The first-order chi connectivity index (χ1) is 8.63. The van der Waals surface area contributed by atoms with Crippen molar-refractivity contribution in [2.75, 3.05) is 0 Å². The number of rotatable bonds is 2. The van der Waals surface area contributed by atoms with Crippen LogP contribution in [0.15, 0.2) is 22.7 Å². The van der Waals surface area contributed by atoms with Crippen molar-refractivity contribution in [3.8, 4) is 0 Å². The van der Waals surface area contributed by atoms with E-state index in [1.54, 1.807) is 0 Å². The number of carboxylic acid groups (broad SMARTS) is 1. The molecule has 1 aromatic heterocycles. The number of hydrogen-bond donors (Lipinski definition) is 2. The van der Waals surface area contributed by atoms with Gasteiger partial charge in [-0.05, 0) is 42.9 Å². The number of carbonyl (C=O) groups is 1. The quantitative estimate of drug-likeness (QED) is 0.892. The molecule has 2 aromatic rings. The first-order valence-electron chi connectivity index (χ1n) is 6.14. The highest BCUT2D eigenvalue weighted by Gasteiger charge is 2.24. The Bertz CT molecular complexity index is 618. The fourth-order valence-corrected chi connectivity index (χ4v) is 3.25. The van der Waals surface area contributed by atoms with E-state index in [2.05, 4.69) is 33.0 Å². The molecule has 1 aliphatic carbocycles. The van der Waals surface area contributed by atoms with Crippen LogP contribution in [-0.4, -0.2) is 16.1 Å². The highest BCUT2D eigenvalue weighted by Crippen LogP contribution is 2.33. The SMILES string of the molecule is O=C(O)CC1CCc2[nH]c3cc(Br)ccc3c2C1. The minimum Gasteiger partial charge on any atom is -0.481 e. The van der Waals surface area contributed by atoms with Crippen molar-refractivity contribution in [2.24, 2.45) is 5.92 Å². The normalized spacial score (nSPS) is 18.8. The predicted molar refractivity (Wildman–Crippen MR) is 73.8 cm³/mol. The van der Waals surface area contributed by atoms with Crippen molar-refractivity contribution in [2.45, 2.75) is 25.7 Å². The van der Waals surface area contributed by atoms with Crippen LogP contribution in [-0.2, 0) is 17.6 Å². The molecule has 18 heavy (non-hydrogen) atoms. The molecule has 0 saturated heterocycles. The minimum absolute atomic E-state index is 0.276. The van der Waals surface area contributed by atoms with Crippen LogP contribution in [0, 0.1) is 5.92 Å². The molecule has 1 unspecified atom stereocenters. The highest BCUT2D eigenvalue weighted by molar-refractivity contribution is 9.10. The van der Waals surface area contributed by atoms with E-state index in [0.717, 1.165) is 29.3 Å². The Morgan fingerprint density at radius 1 is 1.50 bits per heavy atom. The molecule has 1 heterocycles. The lowest BCUT2D eigenvalue weighted by molar-refractivity contribution is -0.138. The van der Waals surface area contributed by atoms with E-state index >= 15 is 0 Å². The third kappa shape index (κ3) is 2.05. The second-order valence-electron chi connectivity index (χ2n) is 4.98. The van der Waals surface area contributed by atoms with Crippen molar-refractivity contribution in [1.29, 1.82) is 0 Å². The van der Waals surface area contributed by atoms with E-state index in [0.29, 0.717) is 0 Å². The molecule has 1 aliphatic rings. The van der Waals surface area contributed by atoms with Gasteiger partial charge in [0, 0.05) is 27.5 Å². The van der Waals surface area contributed by atoms with Gasteiger partial charge in [-0.3, -0.25) is 4.79 Å². The van der Waals surface area contributed by atoms with Crippen molar-refractivity contribution >= 4 is 32.8 Å². The van der Waals surface area contributed by atoms with Crippen LogP contribution in [0.5, 0.6) is 0 Å². The zero-order chi connectivity index (χ0) is 12.7. The Labute approximate surface area is 113 Å². The van der Waals surface area contributed by atoms with Crippen LogP contribution >= 0.6 is 15.9 Å². The summed E-state index contributed by atoms with van der Waals surface area (Å²) in [6, 6.07) is 6.23. The van der Waals surface area contributed by atoms with Crippen molar-refractivity contribution in [3.05, 3.63) is 33.9 Å². The second kappa shape index (κ2) is 4.43. The van der Waals surface area contributed by atoms with Gasteiger partial charge in [0.05, 0.1) is 0 Å². The van der Waals surface area contributed by atoms with Crippen LogP contribution in [0.25, 0.3) is 10.9 Å². The third-order valence-corrected chi connectivity index (χ3v) is 4.21. The zero-order valence-corrected chi connectivity index (χ0v) is 11.5. The number of aromatic amines is 1. The molecule has 0 bridgehead atoms. The summed E-state index contributed by atoms with van der Waals surface area (Å²) in [5.74, 6) is -0.413. The monoisotopic (exact) mass is 307 g/mol. The molecular formula is C14H14BrNO2. The van der Waals surface area contributed by atoms with Gasteiger partial charge in [-0.2, -0.15) is 0 Å². The standard InChI is InChI=1S/C14H14BrNO2/c15-9-2-3-10-11-5-8(6-14(17)18)1-4-12(11)16-13(10)7-9/h2-3,7-8,16H,1,4-6H2,(H,17,18). The Kier molecular flexibility index (Phi) is 2.90. The zero-order valence-electron chi connectivity index (χ0n) is 9.87. The topological polar surface area (TPSA) is 53.1 Å². The predicted octanol–water partition coefficient (Wildman–Crippen LogP) is 3.51. The van der Waals surface area contributed by atoms with Gasteiger partial charge in [-0.25, -0.2) is 0 Å². The summed E-state index contributed by atoms with van der Waals surface area (Å²) in [4.78, 5) is 14.3. The summed E-state index contributed by atoms with van der Waals surface area (Å²) >= 11 is 3.47. The van der Waals surface area contributed by atoms with E-state index < -0.39 is 5.97 Å². The van der Waals surface area contributed by atoms with Crippen molar-refractivity contribution in [1.82, 2.24) is 4.98 Å². The van der Waals surface area contributed by atoms with Crippen LogP contribution in [0.4, 0.5) is 0 Å². The molecular weight excluding hydrogens is 294 g/mol. The van der Waals surface area contributed by atoms with Gasteiger partial charge >= 0.3 is 5.97 Å². The largest absolute Gasteiger partial charge is 0.481 e. The number of aliphatic carboxylic acids is 1. The van der Waals surface area contributed by atoms with Crippen molar-refractivity contribution in [3.63, 3.8) is 0 Å². The fraction of sp³-hybridized carbons (Fsp3) is 0.357. The minimum atomic E-state index is -0.689. The maximum atomic E-state index is 10.8. The Morgan fingerprint density at radius 3 is 3.11 bits per heavy atom. The molecule has 0 spiro atoms. The molecule has 2 N–H and O–H groups in total. The number of carboxylic acids is 1. The number of fused-ring (bicyclic) bond motifs is 3. The number of hydrogen-bond acceptors (Lipinski definition) is 1. The molecule has 0 amide bonds. The van der Waals surface area contributed by atoms with E-state index in [9.17, 15) is 4.79 Å². The third-order valence-electron chi connectivity index (χ3n) is 3.72. The van der Waals surface area contributed by atoms with Crippen LogP contribution in [0.3, 0.4) is 0 Å². The van der Waals surface area contributed by atoms with Gasteiger partial charge in [0.1, 0.15) is 0 Å². The number of benzene rings is 1. The summed E-state index contributed by atoms with van der Waals surface area (Å²) in [6.07, 6.45) is 3.08. The number of aromatic nitrogens is 1.